The average Bonchev–Trinajstić information content (AvgIpc) is 2.48. The van der Waals surface area contributed by atoms with Crippen LogP contribution < -0.4 is 5.32 Å². The molecule has 0 amide bonds. The summed E-state index contributed by atoms with van der Waals surface area (Å²) >= 11 is 11.9. The lowest BCUT2D eigenvalue weighted by Gasteiger charge is -2.19. The molecule has 5 heteroatoms. The fourth-order valence-corrected chi connectivity index (χ4v) is 2.29. The highest BCUT2D eigenvalue weighted by atomic mass is 35.5. The number of carbonyl (C=O) groups is 1. The van der Waals surface area contributed by atoms with Crippen molar-refractivity contribution >= 4 is 34.9 Å². The summed E-state index contributed by atoms with van der Waals surface area (Å²) in [7, 11) is 1.35. The zero-order valence-electron chi connectivity index (χ0n) is 11.7. The van der Waals surface area contributed by atoms with Crippen LogP contribution in [0.25, 0.3) is 0 Å². The van der Waals surface area contributed by atoms with Crippen LogP contribution in [0.5, 0.6) is 0 Å². The van der Waals surface area contributed by atoms with Gasteiger partial charge in [0.25, 0.3) is 0 Å². The first kappa shape index (κ1) is 15.7. The number of hydrogen-bond acceptors (Lipinski definition) is 3. The monoisotopic (exact) mass is 323 g/mol. The molecule has 110 valence electrons. The molecule has 0 fully saturated rings. The Hall–Kier alpha value is -1.71. The van der Waals surface area contributed by atoms with Crippen molar-refractivity contribution in [2.75, 3.05) is 12.4 Å². The van der Waals surface area contributed by atoms with E-state index in [1.807, 2.05) is 31.2 Å². The van der Waals surface area contributed by atoms with E-state index in [9.17, 15) is 4.79 Å². The molecule has 2 aromatic rings. The van der Waals surface area contributed by atoms with Gasteiger partial charge >= 0.3 is 5.97 Å². The predicted octanol–water partition coefficient (Wildman–Crippen LogP) is 4.63. The van der Waals surface area contributed by atoms with Crippen molar-refractivity contribution in [3.63, 3.8) is 0 Å². The first-order chi connectivity index (χ1) is 10.0. The van der Waals surface area contributed by atoms with Gasteiger partial charge in [0.1, 0.15) is 0 Å². The highest BCUT2D eigenvalue weighted by molar-refractivity contribution is 6.42. The minimum Gasteiger partial charge on any atom is -0.467 e. The highest BCUT2D eigenvalue weighted by Gasteiger charge is 2.22. The van der Waals surface area contributed by atoms with Crippen LogP contribution in [-0.4, -0.2) is 13.1 Å². The summed E-state index contributed by atoms with van der Waals surface area (Å²) < 4.78 is 4.87. The van der Waals surface area contributed by atoms with Gasteiger partial charge in [0.2, 0.25) is 0 Å². The maximum atomic E-state index is 12.1. The summed E-state index contributed by atoms with van der Waals surface area (Å²) in [5, 5.41) is 4.03. The molecule has 0 aromatic heterocycles. The fraction of sp³-hybridized carbons (Fsp3) is 0.188. The van der Waals surface area contributed by atoms with E-state index in [1.54, 1.807) is 18.2 Å². The van der Waals surface area contributed by atoms with E-state index in [-0.39, 0.29) is 0 Å². The summed E-state index contributed by atoms with van der Waals surface area (Å²) in [5.41, 5.74) is 2.59. The van der Waals surface area contributed by atoms with Gasteiger partial charge in [-0.25, -0.2) is 4.79 Å². The Balaban J connectivity index is 2.37. The van der Waals surface area contributed by atoms with Gasteiger partial charge in [0.05, 0.1) is 17.2 Å². The number of carbonyl (C=O) groups excluding carboxylic acids is 1. The number of methoxy groups -OCH3 is 1. The van der Waals surface area contributed by atoms with Gasteiger partial charge in [-0.1, -0.05) is 47.5 Å². The second-order valence-electron chi connectivity index (χ2n) is 4.59. The molecule has 1 atom stereocenters. The lowest BCUT2D eigenvalue weighted by atomic mass is 10.1. The van der Waals surface area contributed by atoms with E-state index >= 15 is 0 Å². The number of ether oxygens (including phenoxy) is 1. The van der Waals surface area contributed by atoms with E-state index in [2.05, 4.69) is 5.32 Å². The Morgan fingerprint density at radius 2 is 1.86 bits per heavy atom. The fourth-order valence-electron chi connectivity index (χ4n) is 1.98. The second-order valence-corrected chi connectivity index (χ2v) is 5.40. The van der Waals surface area contributed by atoms with E-state index in [4.69, 9.17) is 27.9 Å². The maximum Gasteiger partial charge on any atom is 0.332 e. The van der Waals surface area contributed by atoms with Crippen LogP contribution >= 0.6 is 23.2 Å². The number of para-hydroxylation sites is 1. The molecular weight excluding hydrogens is 309 g/mol. The number of hydrogen-bond donors (Lipinski definition) is 1. The first-order valence-corrected chi connectivity index (χ1v) is 7.13. The Kier molecular flexibility index (Phi) is 5.10. The second kappa shape index (κ2) is 6.83. The molecule has 1 unspecified atom stereocenters. The molecule has 0 bridgehead atoms. The van der Waals surface area contributed by atoms with Crippen LogP contribution in [0.2, 0.25) is 10.0 Å². The van der Waals surface area contributed by atoms with Crippen molar-refractivity contribution in [2.45, 2.75) is 13.0 Å². The molecule has 0 saturated carbocycles. The molecule has 0 radical (unpaired) electrons. The van der Waals surface area contributed by atoms with Crippen LogP contribution in [0.1, 0.15) is 17.2 Å². The summed E-state index contributed by atoms with van der Waals surface area (Å²) in [5.74, 6) is -0.392. The maximum absolute atomic E-state index is 12.1. The largest absolute Gasteiger partial charge is 0.467 e. The normalized spacial score (nSPS) is 11.8. The number of rotatable bonds is 4. The standard InChI is InChI=1S/C16H15Cl2NO2/c1-10-5-3-4-6-14(10)19-15(16(20)21-2)11-7-8-12(17)13(18)9-11/h3-9,15,19H,1-2H3. The third kappa shape index (κ3) is 3.69. The highest BCUT2D eigenvalue weighted by Crippen LogP contribution is 2.29. The number of halogens is 2. The molecule has 0 aliphatic heterocycles. The molecule has 3 nitrogen and oxygen atoms in total. The topological polar surface area (TPSA) is 38.3 Å². The number of anilines is 1. The summed E-state index contributed by atoms with van der Waals surface area (Å²) in [6, 6.07) is 12.1. The van der Waals surface area contributed by atoms with E-state index in [1.165, 1.54) is 7.11 Å². The van der Waals surface area contributed by atoms with Crippen molar-refractivity contribution in [3.05, 3.63) is 63.6 Å². The molecule has 21 heavy (non-hydrogen) atoms. The van der Waals surface area contributed by atoms with Crippen molar-refractivity contribution in [1.82, 2.24) is 0 Å². The molecule has 0 spiro atoms. The van der Waals surface area contributed by atoms with Gasteiger partial charge < -0.3 is 10.1 Å². The molecule has 0 saturated heterocycles. The van der Waals surface area contributed by atoms with Gasteiger partial charge in [0, 0.05) is 5.69 Å². The van der Waals surface area contributed by atoms with Crippen LogP contribution in [0.15, 0.2) is 42.5 Å². The Morgan fingerprint density at radius 3 is 2.48 bits per heavy atom. The molecule has 2 rings (SSSR count). The van der Waals surface area contributed by atoms with Gasteiger partial charge in [0.15, 0.2) is 6.04 Å². The van der Waals surface area contributed by atoms with Crippen LogP contribution in [0, 0.1) is 6.92 Å². The number of aryl methyl sites for hydroxylation is 1. The lowest BCUT2D eigenvalue weighted by Crippen LogP contribution is -2.22. The van der Waals surface area contributed by atoms with Gasteiger partial charge in [-0.3, -0.25) is 0 Å². The zero-order valence-corrected chi connectivity index (χ0v) is 13.2. The average molecular weight is 324 g/mol. The molecule has 0 heterocycles. The Labute approximate surface area is 133 Å². The minimum absolute atomic E-state index is 0.392. The number of esters is 1. The number of nitrogens with one attached hydrogen (secondary N) is 1. The third-order valence-corrected chi connectivity index (χ3v) is 3.90. The van der Waals surface area contributed by atoms with E-state index in [0.29, 0.717) is 15.6 Å². The van der Waals surface area contributed by atoms with Crippen molar-refractivity contribution in [2.24, 2.45) is 0 Å². The van der Waals surface area contributed by atoms with Crippen molar-refractivity contribution < 1.29 is 9.53 Å². The molecule has 0 aliphatic carbocycles. The smallest absolute Gasteiger partial charge is 0.332 e. The Bertz CT molecular complexity index is 658. The van der Waals surface area contributed by atoms with E-state index in [0.717, 1.165) is 11.3 Å². The van der Waals surface area contributed by atoms with E-state index < -0.39 is 12.0 Å². The lowest BCUT2D eigenvalue weighted by molar-refractivity contribution is -0.141. The van der Waals surface area contributed by atoms with Crippen LogP contribution in [-0.2, 0) is 9.53 Å². The quantitative estimate of drug-likeness (QED) is 0.834. The molecule has 1 N–H and O–H groups in total. The minimum atomic E-state index is -0.647. The summed E-state index contributed by atoms with van der Waals surface area (Å²) in [6.45, 7) is 1.96. The third-order valence-electron chi connectivity index (χ3n) is 3.16. The Morgan fingerprint density at radius 1 is 1.14 bits per heavy atom. The van der Waals surface area contributed by atoms with Gasteiger partial charge in [-0.2, -0.15) is 0 Å². The molecule has 2 aromatic carbocycles. The summed E-state index contributed by atoms with van der Waals surface area (Å²) in [6.07, 6.45) is 0. The SMILES string of the molecule is COC(=O)C(Nc1ccccc1C)c1ccc(Cl)c(Cl)c1. The molecule has 0 aliphatic rings. The van der Waals surface area contributed by atoms with Crippen LogP contribution in [0.4, 0.5) is 5.69 Å². The van der Waals surface area contributed by atoms with Crippen molar-refractivity contribution in [3.8, 4) is 0 Å². The van der Waals surface area contributed by atoms with Crippen molar-refractivity contribution in [1.29, 1.82) is 0 Å². The van der Waals surface area contributed by atoms with Crippen LogP contribution in [0.3, 0.4) is 0 Å². The molecular formula is C16H15Cl2NO2. The zero-order chi connectivity index (χ0) is 15.4. The van der Waals surface area contributed by atoms with Gasteiger partial charge in [-0.15, -0.1) is 0 Å². The predicted molar refractivity (Wildman–Crippen MR) is 86.0 cm³/mol. The summed E-state index contributed by atoms with van der Waals surface area (Å²) in [4.78, 5) is 12.1. The number of benzene rings is 2. The van der Waals surface area contributed by atoms with Gasteiger partial charge in [-0.05, 0) is 36.2 Å². The first-order valence-electron chi connectivity index (χ1n) is 6.38.